The lowest BCUT2D eigenvalue weighted by molar-refractivity contribution is 0.0464. The Balaban J connectivity index is 2.44. The molecule has 1 saturated heterocycles. The highest BCUT2D eigenvalue weighted by Gasteiger charge is 2.29. The third kappa shape index (κ3) is 4.00. The summed E-state index contributed by atoms with van der Waals surface area (Å²) < 4.78 is 5.25. The maximum Gasteiger partial charge on any atom is 0.407 e. The Morgan fingerprint density at radius 3 is 2.50 bits per heavy atom. The predicted molar refractivity (Wildman–Crippen MR) is 64.4 cm³/mol. The molecule has 16 heavy (non-hydrogen) atoms. The highest BCUT2D eigenvalue weighted by atomic mass is 16.6. The van der Waals surface area contributed by atoms with Crippen molar-refractivity contribution in [1.29, 1.82) is 0 Å². The van der Waals surface area contributed by atoms with E-state index in [1.54, 1.807) is 0 Å². The van der Waals surface area contributed by atoms with Crippen molar-refractivity contribution in [2.75, 3.05) is 13.1 Å². The van der Waals surface area contributed by atoms with Gasteiger partial charge < -0.3 is 15.4 Å². The quantitative estimate of drug-likeness (QED) is 0.719. The summed E-state index contributed by atoms with van der Waals surface area (Å²) in [7, 11) is 0. The van der Waals surface area contributed by atoms with Crippen molar-refractivity contribution in [3.05, 3.63) is 0 Å². The maximum absolute atomic E-state index is 11.6. The molecule has 2 unspecified atom stereocenters. The van der Waals surface area contributed by atoms with Gasteiger partial charge in [0, 0.05) is 12.6 Å². The third-order valence-electron chi connectivity index (χ3n) is 3.06. The highest BCUT2D eigenvalue weighted by molar-refractivity contribution is 5.68. The lowest BCUT2D eigenvalue weighted by Crippen LogP contribution is -2.54. The van der Waals surface area contributed by atoms with Crippen LogP contribution in [0.2, 0.25) is 0 Å². The molecule has 4 heteroatoms. The number of carbonyl (C=O) groups is 1. The monoisotopic (exact) mass is 228 g/mol. The van der Waals surface area contributed by atoms with Crippen molar-refractivity contribution < 1.29 is 9.53 Å². The molecule has 1 rings (SSSR count). The van der Waals surface area contributed by atoms with Crippen molar-refractivity contribution in [2.45, 2.75) is 46.3 Å². The number of nitrogens with one attached hydrogen (secondary N) is 2. The van der Waals surface area contributed by atoms with Crippen LogP contribution in [-0.2, 0) is 4.74 Å². The zero-order valence-electron chi connectivity index (χ0n) is 11.0. The predicted octanol–water partition coefficient (Wildman–Crippen LogP) is 1.76. The first-order valence-corrected chi connectivity index (χ1v) is 6.00. The second kappa shape index (κ2) is 5.04. The molecule has 2 N–H and O–H groups in total. The molecule has 0 saturated carbocycles. The minimum absolute atomic E-state index is 0.165. The van der Waals surface area contributed by atoms with E-state index in [1.165, 1.54) is 0 Å². The Kier molecular flexibility index (Phi) is 4.19. The molecule has 3 atom stereocenters. The number of alkyl carbamates (subject to hydrolysis) is 1. The van der Waals surface area contributed by atoms with Gasteiger partial charge in [0.25, 0.3) is 0 Å². The Bertz CT molecular complexity index is 248. The van der Waals surface area contributed by atoms with Gasteiger partial charge in [0.1, 0.15) is 5.60 Å². The average molecular weight is 228 g/mol. The second-order valence-corrected chi connectivity index (χ2v) is 5.75. The molecule has 0 aromatic carbocycles. The number of carbonyl (C=O) groups excluding carboxylic acids is 1. The van der Waals surface area contributed by atoms with Gasteiger partial charge in [-0.1, -0.05) is 13.8 Å². The van der Waals surface area contributed by atoms with Gasteiger partial charge in [-0.25, -0.2) is 4.79 Å². The zero-order valence-corrected chi connectivity index (χ0v) is 11.0. The van der Waals surface area contributed by atoms with Gasteiger partial charge in [-0.3, -0.25) is 0 Å². The average Bonchev–Trinajstić information content (AvgIpc) is 2.09. The summed E-state index contributed by atoms with van der Waals surface area (Å²) in [5, 5.41) is 6.24. The van der Waals surface area contributed by atoms with Crippen LogP contribution in [0.4, 0.5) is 4.79 Å². The standard InChI is InChI=1S/C12H24N2O2/c1-8-6-13-7-10(9(8)2)14-11(15)16-12(3,4)5/h8-10,13H,6-7H2,1-5H3,(H,14,15)/t8?,9?,10-/m1/s1. The summed E-state index contributed by atoms with van der Waals surface area (Å²) in [5.74, 6) is 1.06. The Morgan fingerprint density at radius 1 is 1.31 bits per heavy atom. The summed E-state index contributed by atoms with van der Waals surface area (Å²) in [6.07, 6.45) is -0.319. The molecule has 1 aliphatic rings. The van der Waals surface area contributed by atoms with E-state index >= 15 is 0 Å². The van der Waals surface area contributed by atoms with Gasteiger partial charge in [0.05, 0.1) is 0 Å². The summed E-state index contributed by atoms with van der Waals surface area (Å²) in [4.78, 5) is 11.6. The molecule has 94 valence electrons. The Morgan fingerprint density at radius 2 is 1.94 bits per heavy atom. The topological polar surface area (TPSA) is 50.4 Å². The molecule has 1 fully saturated rings. The molecule has 0 radical (unpaired) electrons. The molecule has 0 aliphatic carbocycles. The number of amides is 1. The number of piperidine rings is 1. The van der Waals surface area contributed by atoms with Gasteiger partial charge in [-0.15, -0.1) is 0 Å². The first-order valence-electron chi connectivity index (χ1n) is 6.00. The van der Waals surface area contributed by atoms with Crippen molar-refractivity contribution >= 4 is 6.09 Å². The first-order chi connectivity index (χ1) is 7.29. The molecular formula is C12H24N2O2. The number of ether oxygens (including phenoxy) is 1. The van der Waals surface area contributed by atoms with E-state index in [2.05, 4.69) is 24.5 Å². The van der Waals surface area contributed by atoms with Gasteiger partial charge in [0.15, 0.2) is 0 Å². The second-order valence-electron chi connectivity index (χ2n) is 5.75. The van der Waals surface area contributed by atoms with Gasteiger partial charge in [-0.05, 0) is 39.2 Å². The van der Waals surface area contributed by atoms with Crippen molar-refractivity contribution in [3.63, 3.8) is 0 Å². The van der Waals surface area contributed by atoms with Crippen LogP contribution in [0.3, 0.4) is 0 Å². The van der Waals surface area contributed by atoms with E-state index in [4.69, 9.17) is 4.74 Å². The van der Waals surface area contributed by atoms with E-state index in [0.29, 0.717) is 11.8 Å². The van der Waals surface area contributed by atoms with E-state index < -0.39 is 5.60 Å². The first kappa shape index (κ1) is 13.3. The molecule has 0 aromatic heterocycles. The van der Waals surface area contributed by atoms with E-state index in [1.807, 2.05) is 20.8 Å². The van der Waals surface area contributed by atoms with Crippen LogP contribution in [0, 0.1) is 11.8 Å². The fourth-order valence-corrected chi connectivity index (χ4v) is 1.88. The molecule has 1 heterocycles. The van der Waals surface area contributed by atoms with Crippen LogP contribution in [0.5, 0.6) is 0 Å². The van der Waals surface area contributed by atoms with Crippen molar-refractivity contribution in [1.82, 2.24) is 10.6 Å². The lowest BCUT2D eigenvalue weighted by atomic mass is 9.86. The molecule has 0 aromatic rings. The molecule has 0 spiro atoms. The molecule has 1 aliphatic heterocycles. The summed E-state index contributed by atoms with van der Waals surface area (Å²) in [6, 6.07) is 0.165. The van der Waals surface area contributed by atoms with Gasteiger partial charge in [-0.2, -0.15) is 0 Å². The SMILES string of the molecule is CC1CNC[C@@H](NC(=O)OC(C)(C)C)C1C. The lowest BCUT2D eigenvalue weighted by Gasteiger charge is -2.35. The van der Waals surface area contributed by atoms with E-state index in [9.17, 15) is 4.79 Å². The maximum atomic E-state index is 11.6. The fourth-order valence-electron chi connectivity index (χ4n) is 1.88. The summed E-state index contributed by atoms with van der Waals surface area (Å²) in [6.45, 7) is 11.8. The van der Waals surface area contributed by atoms with Crippen LogP contribution in [0.25, 0.3) is 0 Å². The van der Waals surface area contributed by atoms with Gasteiger partial charge in [0.2, 0.25) is 0 Å². The van der Waals surface area contributed by atoms with Gasteiger partial charge >= 0.3 is 6.09 Å². The largest absolute Gasteiger partial charge is 0.444 e. The van der Waals surface area contributed by atoms with Crippen LogP contribution >= 0.6 is 0 Å². The van der Waals surface area contributed by atoms with Crippen LogP contribution in [-0.4, -0.2) is 30.8 Å². The summed E-state index contributed by atoms with van der Waals surface area (Å²) in [5.41, 5.74) is -0.430. The highest BCUT2D eigenvalue weighted by Crippen LogP contribution is 2.18. The number of rotatable bonds is 1. The Labute approximate surface area is 98.1 Å². The van der Waals surface area contributed by atoms with Crippen LogP contribution in [0.15, 0.2) is 0 Å². The molecule has 1 amide bonds. The number of hydrogen-bond donors (Lipinski definition) is 2. The molecule has 0 bridgehead atoms. The van der Waals surface area contributed by atoms with Crippen LogP contribution in [0.1, 0.15) is 34.6 Å². The smallest absolute Gasteiger partial charge is 0.407 e. The van der Waals surface area contributed by atoms with Crippen molar-refractivity contribution in [3.8, 4) is 0 Å². The van der Waals surface area contributed by atoms with E-state index in [0.717, 1.165) is 13.1 Å². The fraction of sp³-hybridized carbons (Fsp3) is 0.917. The zero-order chi connectivity index (χ0) is 12.3. The van der Waals surface area contributed by atoms with Crippen molar-refractivity contribution in [2.24, 2.45) is 11.8 Å². The summed E-state index contributed by atoms with van der Waals surface area (Å²) >= 11 is 0. The minimum atomic E-state index is -0.430. The molecular weight excluding hydrogens is 204 g/mol. The normalized spacial score (nSPS) is 30.9. The van der Waals surface area contributed by atoms with Crippen LogP contribution < -0.4 is 10.6 Å². The van der Waals surface area contributed by atoms with E-state index in [-0.39, 0.29) is 12.1 Å². The Hall–Kier alpha value is -0.770. The molecule has 4 nitrogen and oxygen atoms in total. The minimum Gasteiger partial charge on any atom is -0.444 e. The third-order valence-corrected chi connectivity index (χ3v) is 3.06. The number of hydrogen-bond acceptors (Lipinski definition) is 3.